The Hall–Kier alpha value is -0.241. The van der Waals surface area contributed by atoms with Crippen molar-refractivity contribution < 1.29 is 0 Å². The van der Waals surface area contributed by atoms with Gasteiger partial charge in [-0.2, -0.15) is 0 Å². The molecule has 1 aliphatic carbocycles. The Morgan fingerprint density at radius 2 is 1.88 bits per heavy atom. The summed E-state index contributed by atoms with van der Waals surface area (Å²) in [5, 5.41) is 0. The van der Waals surface area contributed by atoms with Gasteiger partial charge in [0.25, 0.3) is 0 Å². The SMILES string of the molecule is [CH3][Sn]1([CH3])[CH2]C2CCCC2=[C]1c1ccccc1. The van der Waals surface area contributed by atoms with Crippen molar-refractivity contribution in [2.45, 2.75) is 33.6 Å². The van der Waals surface area contributed by atoms with Crippen LogP contribution in [0.5, 0.6) is 0 Å². The second kappa shape index (κ2) is 3.90. The van der Waals surface area contributed by atoms with Crippen LogP contribution in [0, 0.1) is 5.92 Å². The first-order chi connectivity index (χ1) is 7.68. The summed E-state index contributed by atoms with van der Waals surface area (Å²) in [7, 11) is 0. The van der Waals surface area contributed by atoms with Gasteiger partial charge in [0.2, 0.25) is 0 Å². The van der Waals surface area contributed by atoms with E-state index in [1.54, 1.807) is 10.0 Å². The van der Waals surface area contributed by atoms with E-state index in [-0.39, 0.29) is 0 Å². The van der Waals surface area contributed by atoms with Crippen LogP contribution in [0.1, 0.15) is 24.8 Å². The molecule has 0 spiro atoms. The second-order valence-corrected chi connectivity index (χ2v) is 19.3. The molecule has 16 heavy (non-hydrogen) atoms. The van der Waals surface area contributed by atoms with Crippen LogP contribution in [0.2, 0.25) is 14.3 Å². The van der Waals surface area contributed by atoms with Gasteiger partial charge >= 0.3 is 103 Å². The van der Waals surface area contributed by atoms with Crippen LogP contribution >= 0.6 is 0 Å². The molecule has 1 saturated carbocycles. The molecule has 1 heterocycles. The Kier molecular flexibility index (Phi) is 2.65. The van der Waals surface area contributed by atoms with E-state index in [0.717, 1.165) is 5.92 Å². The maximum atomic E-state index is 2.63. The average molecular weight is 319 g/mol. The van der Waals surface area contributed by atoms with E-state index in [1.807, 2.05) is 9.16 Å². The van der Waals surface area contributed by atoms with Crippen molar-refractivity contribution in [3.05, 3.63) is 41.5 Å². The topological polar surface area (TPSA) is 0 Å². The molecule has 1 aromatic carbocycles. The van der Waals surface area contributed by atoms with Gasteiger partial charge in [-0.05, 0) is 0 Å². The van der Waals surface area contributed by atoms with Gasteiger partial charge < -0.3 is 0 Å². The number of benzene rings is 1. The predicted molar refractivity (Wildman–Crippen MR) is 73.0 cm³/mol. The quantitative estimate of drug-likeness (QED) is 0.669. The third-order valence-electron chi connectivity index (χ3n) is 4.31. The van der Waals surface area contributed by atoms with Gasteiger partial charge in [0.15, 0.2) is 0 Å². The Morgan fingerprint density at radius 1 is 1.12 bits per heavy atom. The predicted octanol–water partition coefficient (Wildman–Crippen LogP) is 4.50. The van der Waals surface area contributed by atoms with Gasteiger partial charge in [-0.25, -0.2) is 0 Å². The third kappa shape index (κ3) is 1.66. The number of rotatable bonds is 1. The average Bonchev–Trinajstić information content (AvgIpc) is 2.75. The van der Waals surface area contributed by atoms with Gasteiger partial charge in [-0.3, -0.25) is 0 Å². The van der Waals surface area contributed by atoms with Crippen LogP contribution in [0.15, 0.2) is 35.9 Å². The van der Waals surface area contributed by atoms with Crippen LogP contribution in [0.25, 0.3) is 3.59 Å². The van der Waals surface area contributed by atoms with E-state index < -0.39 is 18.4 Å². The minimum atomic E-state index is -1.90. The molecule has 1 aliphatic heterocycles. The van der Waals surface area contributed by atoms with E-state index in [4.69, 9.17) is 0 Å². The van der Waals surface area contributed by atoms with Gasteiger partial charge in [0, 0.05) is 0 Å². The van der Waals surface area contributed by atoms with Crippen LogP contribution < -0.4 is 0 Å². The zero-order valence-electron chi connectivity index (χ0n) is 10.3. The van der Waals surface area contributed by atoms with Crippen LogP contribution in [-0.4, -0.2) is 18.4 Å². The van der Waals surface area contributed by atoms with E-state index in [0.29, 0.717) is 0 Å². The van der Waals surface area contributed by atoms with Crippen molar-refractivity contribution in [1.29, 1.82) is 0 Å². The number of fused-ring (bicyclic) bond motifs is 1. The van der Waals surface area contributed by atoms with E-state index >= 15 is 0 Å². The maximum absolute atomic E-state index is 2.63. The molecule has 0 bridgehead atoms. The fraction of sp³-hybridized carbons (Fsp3) is 0.467. The van der Waals surface area contributed by atoms with Crippen LogP contribution in [0.4, 0.5) is 0 Å². The van der Waals surface area contributed by atoms with Gasteiger partial charge in [0.1, 0.15) is 0 Å². The Balaban J connectivity index is 2.13. The molecule has 1 aromatic rings. The van der Waals surface area contributed by atoms with Crippen molar-refractivity contribution in [3.8, 4) is 0 Å². The minimum absolute atomic E-state index is 0.987. The number of hydrogen-bond acceptors (Lipinski definition) is 0. The second-order valence-electron chi connectivity index (χ2n) is 5.94. The molecule has 2 aliphatic rings. The summed E-state index contributed by atoms with van der Waals surface area (Å²) in [6.07, 6.45) is 4.32. The van der Waals surface area contributed by atoms with Gasteiger partial charge in [0.05, 0.1) is 0 Å². The molecule has 3 rings (SSSR count). The van der Waals surface area contributed by atoms with Crippen molar-refractivity contribution in [2.24, 2.45) is 5.92 Å². The molecule has 1 fully saturated rings. The molecule has 1 unspecified atom stereocenters. The van der Waals surface area contributed by atoms with Crippen molar-refractivity contribution in [3.63, 3.8) is 0 Å². The number of allylic oxidation sites excluding steroid dienone is 1. The summed E-state index contributed by atoms with van der Waals surface area (Å²) in [5.41, 5.74) is 3.43. The Morgan fingerprint density at radius 3 is 2.62 bits per heavy atom. The first kappa shape index (κ1) is 10.9. The molecule has 84 valence electrons. The van der Waals surface area contributed by atoms with Gasteiger partial charge in [-0.15, -0.1) is 0 Å². The summed E-state index contributed by atoms with van der Waals surface area (Å²) in [5.74, 6) is 0.987. The molecule has 0 nitrogen and oxygen atoms in total. The summed E-state index contributed by atoms with van der Waals surface area (Å²) in [6.45, 7) is 0. The molecule has 1 atom stereocenters. The fourth-order valence-electron chi connectivity index (χ4n) is 3.81. The molecular weight excluding hydrogens is 299 g/mol. The van der Waals surface area contributed by atoms with E-state index in [9.17, 15) is 0 Å². The van der Waals surface area contributed by atoms with E-state index in [2.05, 4.69) is 40.2 Å². The van der Waals surface area contributed by atoms with Gasteiger partial charge in [-0.1, -0.05) is 0 Å². The monoisotopic (exact) mass is 320 g/mol. The van der Waals surface area contributed by atoms with Crippen molar-refractivity contribution >= 4 is 22.0 Å². The molecule has 0 aromatic heterocycles. The first-order valence-corrected chi connectivity index (χ1v) is 15.6. The third-order valence-corrected chi connectivity index (χ3v) is 14.2. The van der Waals surface area contributed by atoms with Crippen LogP contribution in [-0.2, 0) is 0 Å². The first-order valence-electron chi connectivity index (χ1n) is 6.47. The molecule has 0 radical (unpaired) electrons. The Bertz CT molecular complexity index is 428. The molecule has 0 amide bonds. The Labute approximate surface area is 103 Å². The van der Waals surface area contributed by atoms with Crippen molar-refractivity contribution in [2.75, 3.05) is 0 Å². The van der Waals surface area contributed by atoms with Crippen molar-refractivity contribution in [1.82, 2.24) is 0 Å². The van der Waals surface area contributed by atoms with Crippen LogP contribution in [0.3, 0.4) is 0 Å². The standard InChI is InChI=1S/C13H14.2CH3.Sn/c1-11-6-5-9-13(11)10-12-7-3-2-4-8-12;;;/h2-4,7-8,11H,1,5-6,9H2;2*1H3;. The number of hydrogen-bond donors (Lipinski definition) is 0. The molecule has 0 saturated heterocycles. The fourth-order valence-corrected chi connectivity index (χ4v) is 15.3. The zero-order chi connectivity index (χ0) is 11.2. The summed E-state index contributed by atoms with van der Waals surface area (Å²) in [4.78, 5) is 5.25. The van der Waals surface area contributed by atoms with E-state index in [1.165, 1.54) is 19.3 Å². The normalized spacial score (nSPS) is 27.2. The molecular formula is C15H20Sn. The summed E-state index contributed by atoms with van der Waals surface area (Å²) in [6, 6.07) is 11.2. The zero-order valence-corrected chi connectivity index (χ0v) is 13.1. The molecule has 1 heteroatoms. The molecule has 0 N–H and O–H groups in total. The summed E-state index contributed by atoms with van der Waals surface area (Å²) < 4.78 is 3.45. The summed E-state index contributed by atoms with van der Waals surface area (Å²) >= 11 is -1.90.